The van der Waals surface area contributed by atoms with Crippen molar-refractivity contribution in [3.8, 4) is 0 Å². The summed E-state index contributed by atoms with van der Waals surface area (Å²) in [5.74, 6) is -0.764. The lowest BCUT2D eigenvalue weighted by Crippen LogP contribution is -2.27. The van der Waals surface area contributed by atoms with Crippen LogP contribution in [-0.4, -0.2) is 22.1 Å². The number of carbonyl (C=O) groups is 2. The van der Waals surface area contributed by atoms with E-state index in [-0.39, 0.29) is 23.3 Å². The number of carbonyl (C=O) groups excluding carboxylic acids is 2. The van der Waals surface area contributed by atoms with Gasteiger partial charge in [0.2, 0.25) is 0 Å². The van der Waals surface area contributed by atoms with Gasteiger partial charge in [-0.2, -0.15) is 0 Å². The first-order valence-corrected chi connectivity index (χ1v) is 7.17. The first-order chi connectivity index (χ1) is 11.6. The fraction of sp³-hybridized carbons (Fsp3) is 0.125. The topological polar surface area (TPSA) is 110 Å². The van der Waals surface area contributed by atoms with Gasteiger partial charge >= 0.3 is 0 Å². The smallest absolute Gasteiger partial charge is 0.277 e. The third-order valence-electron chi connectivity index (χ3n) is 3.36. The number of hydrogen-bond acceptors (Lipinski definition) is 6. The molecule has 0 aliphatic rings. The van der Waals surface area contributed by atoms with Gasteiger partial charge in [0.1, 0.15) is 12.5 Å². The van der Waals surface area contributed by atoms with E-state index < -0.39 is 5.91 Å². The summed E-state index contributed by atoms with van der Waals surface area (Å²) in [7, 11) is 0. The summed E-state index contributed by atoms with van der Waals surface area (Å²) in [5.41, 5.74) is 1.67. The Balaban J connectivity index is 1.76. The lowest BCUT2D eigenvalue weighted by Gasteiger charge is -2.17. The van der Waals surface area contributed by atoms with E-state index >= 15 is 0 Å². The number of anilines is 1. The molecule has 3 rings (SSSR count). The van der Waals surface area contributed by atoms with E-state index in [4.69, 9.17) is 0 Å². The van der Waals surface area contributed by atoms with Crippen molar-refractivity contribution in [3.05, 3.63) is 65.9 Å². The highest BCUT2D eigenvalue weighted by Crippen LogP contribution is 2.23. The maximum Gasteiger partial charge on any atom is 0.277 e. The Hall–Kier alpha value is -3.42. The number of nitrogens with zero attached hydrogens (tertiary/aromatic N) is 2. The van der Waals surface area contributed by atoms with E-state index in [2.05, 4.69) is 30.0 Å². The number of hydrogen-bond donors (Lipinski definition) is 2. The SMILES string of the molecule is C[C@H](NC(=O)c1ccon1)c1ccccc1NC(=O)c1ccon1. The van der Waals surface area contributed by atoms with Gasteiger partial charge < -0.3 is 19.7 Å². The predicted molar refractivity (Wildman–Crippen MR) is 83.3 cm³/mol. The molecule has 0 aliphatic heterocycles. The molecule has 0 saturated heterocycles. The summed E-state index contributed by atoms with van der Waals surface area (Å²) in [6, 6.07) is 9.74. The van der Waals surface area contributed by atoms with Crippen LogP contribution in [0.15, 0.2) is 58.0 Å². The summed E-state index contributed by atoms with van der Waals surface area (Å²) >= 11 is 0. The zero-order valence-electron chi connectivity index (χ0n) is 12.7. The van der Waals surface area contributed by atoms with Crippen molar-refractivity contribution < 1.29 is 18.6 Å². The third-order valence-corrected chi connectivity index (χ3v) is 3.36. The summed E-state index contributed by atoms with van der Waals surface area (Å²) < 4.78 is 9.32. The van der Waals surface area contributed by atoms with Gasteiger partial charge in [0.05, 0.1) is 6.04 Å². The summed E-state index contributed by atoms with van der Waals surface area (Å²) in [6.07, 6.45) is 2.65. The molecule has 0 fully saturated rings. The monoisotopic (exact) mass is 326 g/mol. The van der Waals surface area contributed by atoms with Crippen molar-refractivity contribution >= 4 is 17.5 Å². The van der Waals surface area contributed by atoms with Crippen LogP contribution in [0.1, 0.15) is 39.5 Å². The average Bonchev–Trinajstić information content (AvgIpc) is 3.28. The Morgan fingerprint density at radius 1 is 0.958 bits per heavy atom. The van der Waals surface area contributed by atoms with Crippen LogP contribution < -0.4 is 10.6 Å². The molecule has 0 spiro atoms. The Morgan fingerprint density at radius 2 is 1.58 bits per heavy atom. The van der Waals surface area contributed by atoms with Gasteiger partial charge in [-0.3, -0.25) is 9.59 Å². The molecule has 0 radical (unpaired) electrons. The maximum absolute atomic E-state index is 12.1. The molecule has 24 heavy (non-hydrogen) atoms. The van der Waals surface area contributed by atoms with Crippen molar-refractivity contribution in [3.63, 3.8) is 0 Å². The van der Waals surface area contributed by atoms with Gasteiger partial charge in [-0.1, -0.05) is 28.5 Å². The molecule has 2 amide bonds. The number of benzene rings is 1. The van der Waals surface area contributed by atoms with Crippen LogP contribution in [-0.2, 0) is 0 Å². The zero-order chi connectivity index (χ0) is 16.9. The highest BCUT2D eigenvalue weighted by molar-refractivity contribution is 6.03. The second-order valence-corrected chi connectivity index (χ2v) is 5.01. The largest absolute Gasteiger partial charge is 0.364 e. The van der Waals surface area contributed by atoms with Crippen LogP contribution >= 0.6 is 0 Å². The number of nitrogens with one attached hydrogen (secondary N) is 2. The minimum atomic E-state index is -0.397. The minimum Gasteiger partial charge on any atom is -0.364 e. The molecule has 0 saturated carbocycles. The first-order valence-electron chi connectivity index (χ1n) is 7.17. The van der Waals surface area contributed by atoms with Crippen LogP contribution in [0.5, 0.6) is 0 Å². The van der Waals surface area contributed by atoms with E-state index in [0.29, 0.717) is 5.69 Å². The second kappa shape index (κ2) is 6.78. The molecule has 2 aromatic heterocycles. The second-order valence-electron chi connectivity index (χ2n) is 5.01. The molecule has 1 aromatic carbocycles. The Bertz CT molecular complexity index is 828. The van der Waals surface area contributed by atoms with Crippen molar-refractivity contribution in [1.82, 2.24) is 15.6 Å². The summed E-state index contributed by atoms with van der Waals surface area (Å²) in [5, 5.41) is 12.7. The van der Waals surface area contributed by atoms with Gasteiger partial charge in [-0.25, -0.2) is 0 Å². The van der Waals surface area contributed by atoms with Crippen LogP contribution in [0, 0.1) is 0 Å². The maximum atomic E-state index is 12.1. The molecule has 3 aromatic rings. The quantitative estimate of drug-likeness (QED) is 0.745. The minimum absolute atomic E-state index is 0.170. The van der Waals surface area contributed by atoms with Crippen LogP contribution in [0.25, 0.3) is 0 Å². The number of amides is 2. The van der Waals surface area contributed by atoms with E-state index in [9.17, 15) is 9.59 Å². The molecule has 0 aliphatic carbocycles. The Kier molecular flexibility index (Phi) is 4.37. The fourth-order valence-corrected chi connectivity index (χ4v) is 2.18. The standard InChI is InChI=1S/C16H14N4O4/c1-10(17-15(21)13-6-8-23-19-13)11-4-2-3-5-12(11)18-16(22)14-7-9-24-20-14/h2-10H,1H3,(H,17,21)(H,18,22)/t10-/m0/s1. The lowest BCUT2D eigenvalue weighted by molar-refractivity contribution is 0.0930. The highest BCUT2D eigenvalue weighted by Gasteiger charge is 2.18. The van der Waals surface area contributed by atoms with E-state index in [1.807, 2.05) is 12.1 Å². The van der Waals surface area contributed by atoms with E-state index in [0.717, 1.165) is 5.56 Å². The summed E-state index contributed by atoms with van der Waals surface area (Å²) in [6.45, 7) is 1.80. The van der Waals surface area contributed by atoms with Crippen molar-refractivity contribution in [1.29, 1.82) is 0 Å². The highest BCUT2D eigenvalue weighted by atomic mass is 16.5. The summed E-state index contributed by atoms with van der Waals surface area (Å²) in [4.78, 5) is 24.2. The molecular formula is C16H14N4O4. The van der Waals surface area contributed by atoms with Gasteiger partial charge in [0, 0.05) is 17.8 Å². The molecule has 122 valence electrons. The van der Waals surface area contributed by atoms with Gasteiger partial charge in [0.15, 0.2) is 11.4 Å². The number of para-hydroxylation sites is 1. The molecule has 2 heterocycles. The van der Waals surface area contributed by atoms with E-state index in [1.165, 1.54) is 24.7 Å². The molecular weight excluding hydrogens is 312 g/mol. The number of rotatable bonds is 5. The van der Waals surface area contributed by atoms with Gasteiger partial charge in [-0.15, -0.1) is 0 Å². The fourth-order valence-electron chi connectivity index (χ4n) is 2.18. The van der Waals surface area contributed by atoms with Crippen molar-refractivity contribution in [2.24, 2.45) is 0 Å². The normalized spacial score (nSPS) is 11.7. The van der Waals surface area contributed by atoms with Gasteiger partial charge in [0.25, 0.3) is 11.8 Å². The van der Waals surface area contributed by atoms with Crippen molar-refractivity contribution in [2.45, 2.75) is 13.0 Å². The van der Waals surface area contributed by atoms with Gasteiger partial charge in [-0.05, 0) is 18.6 Å². The van der Waals surface area contributed by atoms with Crippen LogP contribution in [0.3, 0.4) is 0 Å². The Morgan fingerprint density at radius 3 is 2.21 bits per heavy atom. The average molecular weight is 326 g/mol. The van der Waals surface area contributed by atoms with Crippen molar-refractivity contribution in [2.75, 3.05) is 5.32 Å². The first kappa shape index (κ1) is 15.5. The molecule has 0 bridgehead atoms. The number of aromatic nitrogens is 2. The predicted octanol–water partition coefficient (Wildman–Crippen LogP) is 2.41. The molecule has 0 unspecified atom stereocenters. The van der Waals surface area contributed by atoms with Crippen LogP contribution in [0.2, 0.25) is 0 Å². The molecule has 2 N–H and O–H groups in total. The third kappa shape index (κ3) is 3.32. The zero-order valence-corrected chi connectivity index (χ0v) is 12.7. The molecule has 1 atom stereocenters. The lowest BCUT2D eigenvalue weighted by atomic mass is 10.1. The molecule has 8 nitrogen and oxygen atoms in total. The molecule has 8 heteroatoms. The van der Waals surface area contributed by atoms with Crippen LogP contribution in [0.4, 0.5) is 5.69 Å². The Labute approximate surface area is 136 Å². The van der Waals surface area contributed by atoms with E-state index in [1.54, 1.807) is 19.1 Å².